The first-order chi connectivity index (χ1) is 9.48. The normalized spacial score (nSPS) is 14.1. The van der Waals surface area contributed by atoms with Crippen LogP contribution >= 0.6 is 27.5 Å². The molecular formula is C16H16BrClFN. The van der Waals surface area contributed by atoms with Crippen molar-refractivity contribution >= 4 is 27.5 Å². The number of hydrogen-bond donors (Lipinski definition) is 1. The highest BCUT2D eigenvalue weighted by molar-refractivity contribution is 9.10. The molecule has 2 aromatic rings. The molecule has 0 amide bonds. The number of nitrogens with two attached hydrogens (primary N) is 1. The van der Waals surface area contributed by atoms with E-state index in [-0.39, 0.29) is 5.02 Å². The average molecular weight is 357 g/mol. The van der Waals surface area contributed by atoms with Gasteiger partial charge in [-0.25, -0.2) is 4.39 Å². The van der Waals surface area contributed by atoms with Crippen molar-refractivity contribution in [1.82, 2.24) is 0 Å². The molecule has 0 aliphatic carbocycles. The van der Waals surface area contributed by atoms with E-state index >= 15 is 0 Å². The molecule has 1 unspecified atom stereocenters. The molecule has 1 atom stereocenters. The molecule has 0 radical (unpaired) electrons. The fourth-order valence-electron chi connectivity index (χ4n) is 2.28. The molecule has 0 saturated heterocycles. The summed E-state index contributed by atoms with van der Waals surface area (Å²) in [7, 11) is 0. The minimum atomic E-state index is -0.768. The topological polar surface area (TPSA) is 26.0 Å². The van der Waals surface area contributed by atoms with Crippen LogP contribution in [0.4, 0.5) is 4.39 Å². The van der Waals surface area contributed by atoms with Crippen LogP contribution in [0.5, 0.6) is 0 Å². The highest BCUT2D eigenvalue weighted by atomic mass is 79.9. The molecule has 0 heterocycles. The first kappa shape index (κ1) is 15.5. The Morgan fingerprint density at radius 2 is 1.85 bits per heavy atom. The Balaban J connectivity index is 2.43. The lowest BCUT2D eigenvalue weighted by molar-refractivity contribution is 0.402. The zero-order valence-electron chi connectivity index (χ0n) is 11.2. The monoisotopic (exact) mass is 355 g/mol. The second kappa shape index (κ2) is 6.25. The van der Waals surface area contributed by atoms with Gasteiger partial charge in [0.2, 0.25) is 0 Å². The average Bonchev–Trinajstić information content (AvgIpc) is 2.45. The molecule has 2 N–H and O–H groups in total. The molecule has 4 heteroatoms. The van der Waals surface area contributed by atoms with E-state index in [4.69, 9.17) is 17.3 Å². The fourth-order valence-corrected chi connectivity index (χ4v) is 2.75. The maximum Gasteiger partial charge on any atom is 0.147 e. The van der Waals surface area contributed by atoms with Crippen LogP contribution in [0.15, 0.2) is 46.9 Å². The molecule has 1 nitrogen and oxygen atoms in total. The van der Waals surface area contributed by atoms with Gasteiger partial charge in [-0.2, -0.15) is 0 Å². The summed E-state index contributed by atoms with van der Waals surface area (Å²) in [5.41, 5.74) is 7.22. The van der Waals surface area contributed by atoms with Gasteiger partial charge >= 0.3 is 0 Å². The Hall–Kier alpha value is -0.900. The van der Waals surface area contributed by atoms with E-state index in [0.29, 0.717) is 22.9 Å². The van der Waals surface area contributed by atoms with Crippen LogP contribution in [0.3, 0.4) is 0 Å². The van der Waals surface area contributed by atoms with E-state index in [0.717, 1.165) is 5.56 Å². The summed E-state index contributed by atoms with van der Waals surface area (Å²) in [6.07, 6.45) is 1.19. The molecular weight excluding hydrogens is 341 g/mol. The quantitative estimate of drug-likeness (QED) is 0.762. The third kappa shape index (κ3) is 3.05. The van der Waals surface area contributed by atoms with Crippen LogP contribution in [-0.2, 0) is 12.0 Å². The van der Waals surface area contributed by atoms with Gasteiger partial charge in [0.05, 0.1) is 5.02 Å². The Bertz CT molecular complexity index is 603. The van der Waals surface area contributed by atoms with E-state index in [2.05, 4.69) is 15.9 Å². The maximum atomic E-state index is 14.4. The molecule has 20 heavy (non-hydrogen) atoms. The largest absolute Gasteiger partial charge is 0.321 e. The predicted octanol–water partition coefficient (Wildman–Crippen LogP) is 5.05. The fraction of sp³-hybridized carbons (Fsp3) is 0.250. The van der Waals surface area contributed by atoms with E-state index in [1.807, 2.05) is 37.3 Å². The van der Waals surface area contributed by atoms with Gasteiger partial charge in [0.25, 0.3) is 0 Å². The van der Waals surface area contributed by atoms with E-state index in [1.54, 1.807) is 12.1 Å². The van der Waals surface area contributed by atoms with Crippen molar-refractivity contribution < 1.29 is 4.39 Å². The summed E-state index contributed by atoms with van der Waals surface area (Å²) in [5, 5.41) is 0.0823. The van der Waals surface area contributed by atoms with Crippen LogP contribution in [0.1, 0.15) is 24.5 Å². The van der Waals surface area contributed by atoms with E-state index in [9.17, 15) is 4.39 Å². The summed E-state index contributed by atoms with van der Waals surface area (Å²) in [5.74, 6) is -0.443. The standard InChI is InChI=1S/C16H16BrClFN/c1-2-16(20,10-11-6-4-3-5-7-11)12-8-9-13(17)14(18)15(12)19/h3-9H,2,10,20H2,1H3. The third-order valence-electron chi connectivity index (χ3n) is 3.56. The molecule has 0 aliphatic heterocycles. The van der Waals surface area contributed by atoms with E-state index in [1.165, 1.54) is 0 Å². The maximum absolute atomic E-state index is 14.4. The minimum Gasteiger partial charge on any atom is -0.321 e. The van der Waals surface area contributed by atoms with E-state index < -0.39 is 11.4 Å². The Morgan fingerprint density at radius 3 is 2.45 bits per heavy atom. The number of hydrogen-bond acceptors (Lipinski definition) is 1. The molecule has 2 aromatic carbocycles. The van der Waals surface area contributed by atoms with Gasteiger partial charge in [0.1, 0.15) is 5.82 Å². The highest BCUT2D eigenvalue weighted by Gasteiger charge is 2.30. The molecule has 0 spiro atoms. The molecule has 2 rings (SSSR count). The lowest BCUT2D eigenvalue weighted by atomic mass is 9.82. The van der Waals surface area contributed by atoms with Crippen molar-refractivity contribution in [2.75, 3.05) is 0 Å². The summed E-state index contributed by atoms with van der Waals surface area (Å²) < 4.78 is 14.9. The third-order valence-corrected chi connectivity index (χ3v) is 4.82. The zero-order valence-corrected chi connectivity index (χ0v) is 13.5. The minimum absolute atomic E-state index is 0.0823. The molecule has 0 aliphatic rings. The SMILES string of the molecule is CCC(N)(Cc1ccccc1)c1ccc(Br)c(Cl)c1F. The smallest absolute Gasteiger partial charge is 0.147 e. The first-order valence-corrected chi connectivity index (χ1v) is 7.62. The summed E-state index contributed by atoms with van der Waals surface area (Å²) in [6.45, 7) is 1.96. The van der Waals surface area contributed by atoms with Gasteiger partial charge in [-0.3, -0.25) is 0 Å². The van der Waals surface area contributed by atoms with Crippen LogP contribution < -0.4 is 5.73 Å². The summed E-state index contributed by atoms with van der Waals surface area (Å²) in [4.78, 5) is 0. The van der Waals surface area contributed by atoms with Gasteiger partial charge in [-0.05, 0) is 40.4 Å². The van der Waals surface area contributed by atoms with Gasteiger partial charge in [0.15, 0.2) is 0 Å². The van der Waals surface area contributed by atoms with Crippen LogP contribution in [0.25, 0.3) is 0 Å². The van der Waals surface area contributed by atoms with Crippen LogP contribution in [-0.4, -0.2) is 0 Å². The molecule has 0 saturated carbocycles. The van der Waals surface area contributed by atoms with Crippen LogP contribution in [0.2, 0.25) is 5.02 Å². The Kier molecular flexibility index (Phi) is 4.84. The first-order valence-electron chi connectivity index (χ1n) is 6.44. The zero-order chi connectivity index (χ0) is 14.8. The van der Waals surface area contributed by atoms with Crippen molar-refractivity contribution in [2.45, 2.75) is 25.3 Å². The molecule has 0 fully saturated rings. The van der Waals surface area contributed by atoms with Crippen molar-refractivity contribution in [3.8, 4) is 0 Å². The number of benzene rings is 2. The number of halogens is 3. The lowest BCUT2D eigenvalue weighted by Crippen LogP contribution is -2.39. The van der Waals surface area contributed by atoms with Gasteiger partial charge < -0.3 is 5.73 Å². The van der Waals surface area contributed by atoms with Crippen molar-refractivity contribution in [3.05, 3.63) is 68.9 Å². The molecule has 0 bridgehead atoms. The number of rotatable bonds is 4. The second-order valence-corrected chi connectivity index (χ2v) is 6.13. The lowest BCUT2D eigenvalue weighted by Gasteiger charge is -2.30. The van der Waals surface area contributed by atoms with Crippen molar-refractivity contribution in [3.63, 3.8) is 0 Å². The van der Waals surface area contributed by atoms with Gasteiger partial charge in [-0.1, -0.05) is 54.9 Å². The second-order valence-electron chi connectivity index (χ2n) is 4.89. The Labute approximate surface area is 132 Å². The summed E-state index contributed by atoms with van der Waals surface area (Å²) in [6, 6.07) is 13.3. The van der Waals surface area contributed by atoms with Crippen molar-refractivity contribution in [2.24, 2.45) is 5.73 Å². The Morgan fingerprint density at radius 1 is 1.20 bits per heavy atom. The van der Waals surface area contributed by atoms with Gasteiger partial charge in [-0.15, -0.1) is 0 Å². The molecule has 106 valence electrons. The van der Waals surface area contributed by atoms with Crippen molar-refractivity contribution in [1.29, 1.82) is 0 Å². The van der Waals surface area contributed by atoms with Gasteiger partial charge in [0, 0.05) is 15.6 Å². The predicted molar refractivity (Wildman–Crippen MR) is 85.4 cm³/mol. The van der Waals surface area contributed by atoms with Crippen LogP contribution in [0, 0.1) is 5.82 Å². The summed E-state index contributed by atoms with van der Waals surface area (Å²) >= 11 is 9.19. The highest BCUT2D eigenvalue weighted by Crippen LogP contribution is 2.35. The molecule has 0 aromatic heterocycles.